The molecule has 0 atom stereocenters. The lowest BCUT2D eigenvalue weighted by molar-refractivity contribution is 0.104. The summed E-state index contributed by atoms with van der Waals surface area (Å²) < 4.78 is 0. The van der Waals surface area contributed by atoms with Gasteiger partial charge in [0.2, 0.25) is 0 Å². The molecule has 0 aromatic heterocycles. The van der Waals surface area contributed by atoms with Gasteiger partial charge in [0.1, 0.15) is 0 Å². The van der Waals surface area contributed by atoms with E-state index in [0.717, 1.165) is 111 Å². The van der Waals surface area contributed by atoms with Crippen LogP contribution in [0.4, 0.5) is 0 Å². The summed E-state index contributed by atoms with van der Waals surface area (Å²) in [5.74, 6) is -0.0802. The van der Waals surface area contributed by atoms with Gasteiger partial charge in [-0.1, -0.05) is 303 Å². The van der Waals surface area contributed by atoms with E-state index in [1.165, 1.54) is 0 Å². The summed E-state index contributed by atoms with van der Waals surface area (Å²) in [6, 6.07) is 106. The summed E-state index contributed by atoms with van der Waals surface area (Å²) in [7, 11) is 0. The Morgan fingerprint density at radius 1 is 0.149 bits per heavy atom. The van der Waals surface area contributed by atoms with Crippen LogP contribution in [0.25, 0.3) is 111 Å². The standard InChI is InChI=1S/C73H50O/c74-73(71-67(57-43-23-7-24-44-57)63(53-35-15-3-16-36-53)61(51-31-11-1-12-32-51)64(54-37-17-4-18-38-54)68(71)58-45-25-8-26-46-58)72-69(59-47-27-9-28-48-59)65(55-39-19-5-20-40-55)62(52-33-13-2-14-34-52)66(56-41-21-6-22-42-56)70(72)60-49-29-10-30-50-60/h1-50H. The Hall–Kier alpha value is -9.69. The van der Waals surface area contributed by atoms with Crippen molar-refractivity contribution in [2.75, 3.05) is 0 Å². The van der Waals surface area contributed by atoms with E-state index in [2.05, 4.69) is 303 Å². The lowest BCUT2D eigenvalue weighted by Gasteiger charge is -2.31. The van der Waals surface area contributed by atoms with Crippen LogP contribution in [0.3, 0.4) is 0 Å². The molecular weight excluding hydrogens is 893 g/mol. The van der Waals surface area contributed by atoms with E-state index in [4.69, 9.17) is 0 Å². The molecule has 0 saturated carbocycles. The van der Waals surface area contributed by atoms with Crippen LogP contribution in [-0.4, -0.2) is 5.78 Å². The summed E-state index contributed by atoms with van der Waals surface area (Å²) in [6.45, 7) is 0. The zero-order chi connectivity index (χ0) is 49.6. The molecule has 0 amide bonds. The van der Waals surface area contributed by atoms with Crippen LogP contribution in [0.5, 0.6) is 0 Å². The highest BCUT2D eigenvalue weighted by atomic mass is 16.1. The summed E-state index contributed by atoms with van der Waals surface area (Å²) in [6.07, 6.45) is 0. The monoisotopic (exact) mass is 942 g/mol. The van der Waals surface area contributed by atoms with Gasteiger partial charge in [-0.25, -0.2) is 0 Å². The number of rotatable bonds is 12. The molecule has 0 aliphatic rings. The minimum Gasteiger partial charge on any atom is -0.289 e. The third kappa shape index (κ3) is 8.47. The molecule has 0 spiro atoms. The molecule has 0 radical (unpaired) electrons. The van der Waals surface area contributed by atoms with Crippen LogP contribution < -0.4 is 0 Å². The second kappa shape index (κ2) is 20.6. The molecule has 1 nitrogen and oxygen atoms in total. The fourth-order valence-electron chi connectivity index (χ4n) is 11.0. The Kier molecular flexibility index (Phi) is 12.6. The van der Waals surface area contributed by atoms with Crippen molar-refractivity contribution in [2.24, 2.45) is 0 Å². The lowest BCUT2D eigenvalue weighted by Crippen LogP contribution is -2.15. The maximum Gasteiger partial charge on any atom is 0.195 e. The Morgan fingerprint density at radius 2 is 0.257 bits per heavy atom. The highest BCUT2D eigenvalue weighted by Gasteiger charge is 2.37. The largest absolute Gasteiger partial charge is 0.289 e. The third-order valence-corrected chi connectivity index (χ3v) is 14.1. The molecule has 1 heteroatoms. The molecule has 348 valence electrons. The average molecular weight is 943 g/mol. The first kappa shape index (κ1) is 45.4. The highest BCUT2D eigenvalue weighted by molar-refractivity contribution is 6.30. The molecule has 0 fully saturated rings. The maximum absolute atomic E-state index is 18.3. The highest BCUT2D eigenvalue weighted by Crippen LogP contribution is 2.57. The van der Waals surface area contributed by atoms with Crippen molar-refractivity contribution >= 4 is 5.78 Å². The minimum atomic E-state index is -0.0802. The molecule has 12 aromatic rings. The van der Waals surface area contributed by atoms with Crippen molar-refractivity contribution in [3.63, 3.8) is 0 Å². The molecule has 74 heavy (non-hydrogen) atoms. The van der Waals surface area contributed by atoms with Gasteiger partial charge < -0.3 is 0 Å². The van der Waals surface area contributed by atoms with E-state index in [9.17, 15) is 0 Å². The average Bonchev–Trinajstić information content (AvgIpc) is 3.50. The third-order valence-electron chi connectivity index (χ3n) is 14.1. The SMILES string of the molecule is O=C(c1c(-c2ccccc2)c(-c2ccccc2)c(-c2ccccc2)c(-c2ccccc2)c1-c1ccccc1)c1c(-c2ccccc2)c(-c2ccccc2)c(-c2ccccc2)c(-c2ccccc2)c1-c1ccccc1. The van der Waals surface area contributed by atoms with Crippen molar-refractivity contribution in [1.82, 2.24) is 0 Å². The van der Waals surface area contributed by atoms with Gasteiger partial charge in [-0.05, 0) is 89.0 Å². The molecule has 0 aliphatic carbocycles. The zero-order valence-corrected chi connectivity index (χ0v) is 40.8. The molecule has 12 rings (SSSR count). The van der Waals surface area contributed by atoms with Crippen LogP contribution >= 0.6 is 0 Å². The summed E-state index contributed by atoms with van der Waals surface area (Å²) in [5.41, 5.74) is 20.7. The van der Waals surface area contributed by atoms with Crippen molar-refractivity contribution < 1.29 is 4.79 Å². The number of ketones is 1. The Balaban J connectivity index is 1.40. The normalized spacial score (nSPS) is 11.0. The van der Waals surface area contributed by atoms with Crippen LogP contribution in [0.2, 0.25) is 0 Å². The summed E-state index contributed by atoms with van der Waals surface area (Å²) >= 11 is 0. The molecule has 0 heterocycles. The lowest BCUT2D eigenvalue weighted by atomic mass is 9.71. The number of hydrogen-bond donors (Lipinski definition) is 0. The van der Waals surface area contributed by atoms with Crippen LogP contribution in [0, 0.1) is 0 Å². The van der Waals surface area contributed by atoms with Crippen molar-refractivity contribution in [1.29, 1.82) is 0 Å². The maximum atomic E-state index is 18.3. The van der Waals surface area contributed by atoms with Gasteiger partial charge in [-0.15, -0.1) is 0 Å². The number of benzene rings is 12. The molecule has 0 bridgehead atoms. The first-order chi connectivity index (χ1) is 36.7. The summed E-state index contributed by atoms with van der Waals surface area (Å²) in [4.78, 5) is 18.3. The fourth-order valence-corrected chi connectivity index (χ4v) is 11.0. The predicted molar refractivity (Wildman–Crippen MR) is 311 cm³/mol. The van der Waals surface area contributed by atoms with Crippen molar-refractivity contribution in [3.05, 3.63) is 314 Å². The molecular formula is C73H50O. The smallest absolute Gasteiger partial charge is 0.195 e. The molecule has 0 N–H and O–H groups in total. The van der Waals surface area contributed by atoms with E-state index in [1.807, 2.05) is 0 Å². The van der Waals surface area contributed by atoms with Gasteiger partial charge in [0.25, 0.3) is 0 Å². The van der Waals surface area contributed by atoms with E-state index >= 15 is 4.79 Å². The number of carbonyl (C=O) groups is 1. The van der Waals surface area contributed by atoms with Crippen molar-refractivity contribution in [2.45, 2.75) is 0 Å². The van der Waals surface area contributed by atoms with E-state index in [-0.39, 0.29) is 5.78 Å². The van der Waals surface area contributed by atoms with Crippen LogP contribution in [0.15, 0.2) is 303 Å². The summed E-state index contributed by atoms with van der Waals surface area (Å²) in [5, 5.41) is 0. The predicted octanol–water partition coefficient (Wildman–Crippen LogP) is 19.6. The van der Waals surface area contributed by atoms with Gasteiger partial charge in [0.05, 0.1) is 0 Å². The second-order valence-electron chi connectivity index (χ2n) is 18.5. The van der Waals surface area contributed by atoms with Gasteiger partial charge >= 0.3 is 0 Å². The number of hydrogen-bond acceptors (Lipinski definition) is 1. The minimum absolute atomic E-state index is 0.0802. The van der Waals surface area contributed by atoms with E-state index in [1.54, 1.807) is 0 Å². The van der Waals surface area contributed by atoms with Crippen LogP contribution in [-0.2, 0) is 0 Å². The van der Waals surface area contributed by atoms with Gasteiger partial charge in [-0.2, -0.15) is 0 Å². The first-order valence-electron chi connectivity index (χ1n) is 25.3. The zero-order valence-electron chi connectivity index (χ0n) is 40.8. The van der Waals surface area contributed by atoms with E-state index in [0.29, 0.717) is 11.1 Å². The Bertz CT molecular complexity index is 3390. The van der Waals surface area contributed by atoms with Crippen LogP contribution in [0.1, 0.15) is 15.9 Å². The first-order valence-corrected chi connectivity index (χ1v) is 25.3. The van der Waals surface area contributed by atoms with E-state index < -0.39 is 0 Å². The Labute approximate surface area is 434 Å². The van der Waals surface area contributed by atoms with Gasteiger partial charge in [-0.3, -0.25) is 4.79 Å². The molecule has 0 unspecified atom stereocenters. The molecule has 0 saturated heterocycles. The second-order valence-corrected chi connectivity index (χ2v) is 18.5. The Morgan fingerprint density at radius 3 is 0.392 bits per heavy atom. The van der Waals surface area contributed by atoms with Crippen molar-refractivity contribution in [3.8, 4) is 111 Å². The quantitative estimate of drug-likeness (QED) is 0.112. The molecule has 12 aromatic carbocycles. The molecule has 0 aliphatic heterocycles. The van der Waals surface area contributed by atoms with Gasteiger partial charge in [0, 0.05) is 33.4 Å². The number of carbonyl (C=O) groups excluding carboxylic acids is 1. The van der Waals surface area contributed by atoms with Gasteiger partial charge in [0.15, 0.2) is 5.78 Å². The fraction of sp³-hybridized carbons (Fsp3) is 0. The topological polar surface area (TPSA) is 17.1 Å².